The highest BCUT2D eigenvalue weighted by atomic mass is 35.5. The smallest absolute Gasteiger partial charge is 0.319 e. The first-order valence-electron chi connectivity index (χ1n) is 7.04. The Morgan fingerprint density at radius 1 is 1.45 bits per heavy atom. The molecule has 1 aromatic rings. The molecule has 1 aromatic carbocycles. The minimum absolute atomic E-state index is 0.218. The first kappa shape index (κ1) is 15.1. The zero-order valence-electron chi connectivity index (χ0n) is 11.7. The number of hydrogen-bond acceptors (Lipinski definition) is 2. The number of nitrogens with one attached hydrogen (secondary N) is 2. The van der Waals surface area contributed by atoms with Crippen LogP contribution in [0.25, 0.3) is 0 Å². The molecule has 20 heavy (non-hydrogen) atoms. The van der Waals surface area contributed by atoms with Crippen molar-refractivity contribution in [2.45, 2.75) is 38.7 Å². The lowest BCUT2D eigenvalue weighted by atomic mass is 9.87. The van der Waals surface area contributed by atoms with Gasteiger partial charge < -0.3 is 15.7 Å². The van der Waals surface area contributed by atoms with Gasteiger partial charge in [-0.15, -0.1) is 0 Å². The molecule has 0 bridgehead atoms. The summed E-state index contributed by atoms with van der Waals surface area (Å²) in [5.74, 6) is 0.358. The van der Waals surface area contributed by atoms with Crippen LogP contribution in [-0.4, -0.2) is 23.8 Å². The van der Waals surface area contributed by atoms with Crippen LogP contribution in [0.2, 0.25) is 5.02 Å². The molecule has 2 atom stereocenters. The van der Waals surface area contributed by atoms with E-state index in [1.54, 1.807) is 6.07 Å². The number of halogens is 1. The van der Waals surface area contributed by atoms with Crippen molar-refractivity contribution in [2.75, 3.05) is 11.9 Å². The van der Waals surface area contributed by atoms with Crippen LogP contribution in [0.15, 0.2) is 18.2 Å². The zero-order valence-corrected chi connectivity index (χ0v) is 12.4. The maximum atomic E-state index is 11.9. The van der Waals surface area contributed by atoms with Crippen LogP contribution in [0.5, 0.6) is 0 Å². The third-order valence-electron chi connectivity index (χ3n) is 3.77. The van der Waals surface area contributed by atoms with E-state index in [4.69, 9.17) is 11.6 Å². The van der Waals surface area contributed by atoms with Gasteiger partial charge in [0.15, 0.2) is 0 Å². The topological polar surface area (TPSA) is 61.4 Å². The Labute approximate surface area is 124 Å². The predicted octanol–water partition coefficient (Wildman–Crippen LogP) is 3.32. The standard InChI is InChI=1S/C15H21ClN2O2/c1-10-4-2-7-13(16)14(10)18-15(20)17-9-11-5-3-6-12(19)8-11/h2,4,7,11-12,19H,3,5-6,8-9H2,1H3,(H2,17,18,20)/t11-,12-/m0/s1. The molecular formula is C15H21ClN2O2. The van der Waals surface area contributed by atoms with E-state index in [0.717, 1.165) is 31.2 Å². The zero-order chi connectivity index (χ0) is 14.5. The van der Waals surface area contributed by atoms with Gasteiger partial charge in [-0.05, 0) is 43.7 Å². The SMILES string of the molecule is Cc1cccc(Cl)c1NC(=O)NC[C@H]1CCC[C@H](O)C1. The molecular weight excluding hydrogens is 276 g/mol. The first-order chi connectivity index (χ1) is 9.56. The van der Waals surface area contributed by atoms with Crippen LogP contribution in [0.4, 0.5) is 10.5 Å². The van der Waals surface area contributed by atoms with Crippen molar-refractivity contribution in [3.8, 4) is 0 Å². The molecule has 1 fully saturated rings. The first-order valence-corrected chi connectivity index (χ1v) is 7.42. The minimum Gasteiger partial charge on any atom is -0.393 e. The number of anilines is 1. The molecule has 1 saturated carbocycles. The Kier molecular flexibility index (Phi) is 5.26. The minimum atomic E-state index is -0.249. The van der Waals surface area contributed by atoms with E-state index in [2.05, 4.69) is 10.6 Å². The number of aliphatic hydroxyl groups is 1. The maximum Gasteiger partial charge on any atom is 0.319 e. The van der Waals surface area contributed by atoms with Gasteiger partial charge in [-0.2, -0.15) is 0 Å². The fourth-order valence-electron chi connectivity index (χ4n) is 2.63. The van der Waals surface area contributed by atoms with Crippen molar-refractivity contribution < 1.29 is 9.90 Å². The van der Waals surface area contributed by atoms with Crippen molar-refractivity contribution in [3.05, 3.63) is 28.8 Å². The molecule has 110 valence electrons. The van der Waals surface area contributed by atoms with Gasteiger partial charge in [0.05, 0.1) is 16.8 Å². The van der Waals surface area contributed by atoms with E-state index < -0.39 is 0 Å². The number of amides is 2. The molecule has 2 amide bonds. The van der Waals surface area contributed by atoms with Crippen molar-refractivity contribution in [1.29, 1.82) is 0 Å². The fraction of sp³-hybridized carbons (Fsp3) is 0.533. The summed E-state index contributed by atoms with van der Waals surface area (Å²) in [6.07, 6.45) is 3.51. The molecule has 3 N–H and O–H groups in total. The summed E-state index contributed by atoms with van der Waals surface area (Å²) in [6, 6.07) is 5.26. The number of rotatable bonds is 3. The number of hydrogen-bond donors (Lipinski definition) is 3. The van der Waals surface area contributed by atoms with Crippen molar-refractivity contribution in [2.24, 2.45) is 5.92 Å². The monoisotopic (exact) mass is 296 g/mol. The van der Waals surface area contributed by atoms with Crippen LogP contribution in [0.1, 0.15) is 31.2 Å². The van der Waals surface area contributed by atoms with Gasteiger partial charge in [0.1, 0.15) is 0 Å². The Morgan fingerprint density at radius 3 is 2.95 bits per heavy atom. The van der Waals surface area contributed by atoms with Crippen molar-refractivity contribution in [1.82, 2.24) is 5.32 Å². The Balaban J connectivity index is 1.83. The van der Waals surface area contributed by atoms with E-state index >= 15 is 0 Å². The highest BCUT2D eigenvalue weighted by molar-refractivity contribution is 6.33. The molecule has 0 saturated heterocycles. The Bertz CT molecular complexity index is 459. The van der Waals surface area contributed by atoms with Gasteiger partial charge in [-0.3, -0.25) is 0 Å². The third-order valence-corrected chi connectivity index (χ3v) is 4.08. The average molecular weight is 297 g/mol. The quantitative estimate of drug-likeness (QED) is 0.801. The Morgan fingerprint density at radius 2 is 2.25 bits per heavy atom. The molecule has 0 radical (unpaired) electrons. The second-order valence-corrected chi connectivity index (χ2v) is 5.86. The van der Waals surface area contributed by atoms with Crippen LogP contribution >= 0.6 is 11.6 Å². The van der Waals surface area contributed by atoms with Crippen molar-refractivity contribution in [3.63, 3.8) is 0 Å². The second kappa shape index (κ2) is 6.95. The highest BCUT2D eigenvalue weighted by Gasteiger charge is 2.20. The number of urea groups is 1. The Hall–Kier alpha value is -1.26. The number of carbonyl (C=O) groups excluding carboxylic acids is 1. The van der Waals surface area contributed by atoms with E-state index in [1.165, 1.54) is 0 Å². The van der Waals surface area contributed by atoms with E-state index in [-0.39, 0.29) is 12.1 Å². The van der Waals surface area contributed by atoms with Crippen molar-refractivity contribution >= 4 is 23.3 Å². The second-order valence-electron chi connectivity index (χ2n) is 5.45. The molecule has 2 rings (SSSR count). The molecule has 0 heterocycles. The van der Waals surface area contributed by atoms with Gasteiger partial charge in [-0.1, -0.05) is 30.2 Å². The summed E-state index contributed by atoms with van der Waals surface area (Å²) in [5, 5.41) is 15.8. The molecule has 1 aliphatic rings. The van der Waals surface area contributed by atoms with Crippen LogP contribution in [0, 0.1) is 12.8 Å². The van der Waals surface area contributed by atoms with E-state index in [0.29, 0.717) is 23.2 Å². The third kappa shape index (κ3) is 4.12. The summed E-state index contributed by atoms with van der Waals surface area (Å²) in [6.45, 7) is 2.49. The van der Waals surface area contributed by atoms with Gasteiger partial charge >= 0.3 is 6.03 Å². The molecule has 4 nitrogen and oxygen atoms in total. The van der Waals surface area contributed by atoms with E-state index in [9.17, 15) is 9.90 Å². The number of aliphatic hydroxyl groups excluding tert-OH is 1. The van der Waals surface area contributed by atoms with Gasteiger partial charge in [0, 0.05) is 6.54 Å². The molecule has 0 aliphatic heterocycles. The lowest BCUT2D eigenvalue weighted by molar-refractivity contribution is 0.101. The molecule has 0 unspecified atom stereocenters. The fourth-order valence-corrected chi connectivity index (χ4v) is 2.90. The molecule has 0 aromatic heterocycles. The lowest BCUT2D eigenvalue weighted by Crippen LogP contribution is -2.35. The van der Waals surface area contributed by atoms with Gasteiger partial charge in [-0.25, -0.2) is 4.79 Å². The van der Waals surface area contributed by atoms with Gasteiger partial charge in [0.25, 0.3) is 0 Å². The van der Waals surface area contributed by atoms with Crippen LogP contribution < -0.4 is 10.6 Å². The highest BCUT2D eigenvalue weighted by Crippen LogP contribution is 2.25. The van der Waals surface area contributed by atoms with Crippen LogP contribution in [0.3, 0.4) is 0 Å². The molecule has 0 spiro atoms. The molecule has 1 aliphatic carbocycles. The summed E-state index contributed by atoms with van der Waals surface area (Å²) in [5.41, 5.74) is 1.58. The number of para-hydroxylation sites is 1. The number of carbonyl (C=O) groups is 1. The summed E-state index contributed by atoms with van der Waals surface area (Å²) in [4.78, 5) is 11.9. The summed E-state index contributed by atoms with van der Waals surface area (Å²) in [7, 11) is 0. The lowest BCUT2D eigenvalue weighted by Gasteiger charge is -2.26. The number of benzene rings is 1. The largest absolute Gasteiger partial charge is 0.393 e. The van der Waals surface area contributed by atoms with E-state index in [1.807, 2.05) is 19.1 Å². The maximum absolute atomic E-state index is 11.9. The summed E-state index contributed by atoms with van der Waals surface area (Å²) < 4.78 is 0. The van der Waals surface area contributed by atoms with Gasteiger partial charge in [0.2, 0.25) is 0 Å². The predicted molar refractivity (Wildman–Crippen MR) is 81.2 cm³/mol. The van der Waals surface area contributed by atoms with Crippen LogP contribution in [-0.2, 0) is 0 Å². The average Bonchev–Trinajstić information content (AvgIpc) is 2.41. The number of aryl methyl sites for hydroxylation is 1. The normalized spacial score (nSPS) is 22.4. The molecule has 5 heteroatoms. The summed E-state index contributed by atoms with van der Waals surface area (Å²) >= 11 is 6.07.